The van der Waals surface area contributed by atoms with Gasteiger partial charge in [0, 0.05) is 18.6 Å². The van der Waals surface area contributed by atoms with Crippen molar-refractivity contribution in [3.8, 4) is 0 Å². The molecular weight excluding hydrogens is 244 g/mol. The zero-order valence-electron chi connectivity index (χ0n) is 12.5. The van der Waals surface area contributed by atoms with Crippen molar-refractivity contribution < 1.29 is 14.7 Å². The van der Waals surface area contributed by atoms with E-state index in [1.165, 1.54) is 0 Å². The lowest BCUT2D eigenvalue weighted by atomic mass is 9.84. The van der Waals surface area contributed by atoms with Crippen molar-refractivity contribution in [1.29, 1.82) is 0 Å². The van der Waals surface area contributed by atoms with Gasteiger partial charge in [-0.15, -0.1) is 0 Å². The van der Waals surface area contributed by atoms with Crippen molar-refractivity contribution in [2.24, 2.45) is 5.41 Å². The summed E-state index contributed by atoms with van der Waals surface area (Å²) in [4.78, 5) is 25.2. The van der Waals surface area contributed by atoms with Gasteiger partial charge in [0.1, 0.15) is 0 Å². The van der Waals surface area contributed by atoms with Crippen LogP contribution in [0.3, 0.4) is 0 Å². The third-order valence-corrected chi connectivity index (χ3v) is 4.09. The van der Waals surface area contributed by atoms with Gasteiger partial charge in [0.25, 0.3) is 0 Å². The number of urea groups is 1. The monoisotopic (exact) mass is 270 g/mol. The quantitative estimate of drug-likeness (QED) is 0.806. The van der Waals surface area contributed by atoms with Crippen molar-refractivity contribution in [1.82, 2.24) is 10.2 Å². The van der Waals surface area contributed by atoms with Gasteiger partial charge in [-0.25, -0.2) is 4.79 Å². The predicted octanol–water partition coefficient (Wildman–Crippen LogP) is 2.46. The third kappa shape index (κ3) is 3.61. The van der Waals surface area contributed by atoms with Gasteiger partial charge in [0.05, 0.1) is 5.41 Å². The Morgan fingerprint density at radius 1 is 1.37 bits per heavy atom. The molecule has 1 saturated heterocycles. The number of amides is 2. The van der Waals surface area contributed by atoms with Crippen LogP contribution in [0.25, 0.3) is 0 Å². The first-order valence-corrected chi connectivity index (χ1v) is 7.07. The Labute approximate surface area is 115 Å². The SMILES string of the molecule is CCCC(C)(C)NC(=O)N1CCC(CC)(C(=O)O)C1. The summed E-state index contributed by atoms with van der Waals surface area (Å²) < 4.78 is 0. The first-order chi connectivity index (χ1) is 8.76. The summed E-state index contributed by atoms with van der Waals surface area (Å²) in [6.07, 6.45) is 3.01. The fourth-order valence-corrected chi connectivity index (χ4v) is 2.72. The molecule has 1 heterocycles. The van der Waals surface area contributed by atoms with E-state index in [0.29, 0.717) is 25.9 Å². The minimum atomic E-state index is -0.793. The lowest BCUT2D eigenvalue weighted by Crippen LogP contribution is -2.50. The Morgan fingerprint density at radius 2 is 2.00 bits per heavy atom. The van der Waals surface area contributed by atoms with Gasteiger partial charge in [-0.1, -0.05) is 20.3 Å². The Hall–Kier alpha value is -1.26. The number of carbonyl (C=O) groups is 2. The van der Waals surface area contributed by atoms with Gasteiger partial charge in [0.2, 0.25) is 0 Å². The van der Waals surface area contributed by atoms with Gasteiger partial charge in [0.15, 0.2) is 0 Å². The van der Waals surface area contributed by atoms with Crippen molar-refractivity contribution in [2.45, 2.75) is 58.9 Å². The number of aliphatic carboxylic acids is 1. The van der Waals surface area contributed by atoms with Crippen molar-refractivity contribution in [3.05, 3.63) is 0 Å². The summed E-state index contributed by atoms with van der Waals surface area (Å²) in [6, 6.07) is -0.143. The van der Waals surface area contributed by atoms with Crippen LogP contribution in [0.5, 0.6) is 0 Å². The first kappa shape index (κ1) is 15.8. The van der Waals surface area contributed by atoms with Crippen LogP contribution in [0, 0.1) is 5.41 Å². The molecule has 2 amide bonds. The topological polar surface area (TPSA) is 69.6 Å². The average molecular weight is 270 g/mol. The van der Waals surface area contributed by atoms with Crippen LogP contribution in [0.2, 0.25) is 0 Å². The summed E-state index contributed by atoms with van der Waals surface area (Å²) in [5.74, 6) is -0.793. The summed E-state index contributed by atoms with van der Waals surface area (Å²) in [5, 5.41) is 12.3. The van der Waals surface area contributed by atoms with E-state index < -0.39 is 11.4 Å². The zero-order valence-corrected chi connectivity index (χ0v) is 12.5. The van der Waals surface area contributed by atoms with Crippen LogP contribution in [0.4, 0.5) is 4.79 Å². The second-order valence-corrected chi connectivity index (χ2v) is 6.17. The number of carbonyl (C=O) groups excluding carboxylic acids is 1. The maximum Gasteiger partial charge on any atom is 0.317 e. The number of rotatable bonds is 5. The molecule has 0 aliphatic carbocycles. The summed E-state index contributed by atoms with van der Waals surface area (Å²) >= 11 is 0. The molecule has 5 nitrogen and oxygen atoms in total. The molecule has 5 heteroatoms. The van der Waals surface area contributed by atoms with Gasteiger partial charge >= 0.3 is 12.0 Å². The Kier molecular flexibility index (Phi) is 4.82. The highest BCUT2D eigenvalue weighted by Crippen LogP contribution is 2.34. The molecule has 0 saturated carbocycles. The van der Waals surface area contributed by atoms with Crippen LogP contribution in [-0.2, 0) is 4.79 Å². The maximum atomic E-state index is 12.2. The second kappa shape index (κ2) is 5.80. The van der Waals surface area contributed by atoms with Crippen LogP contribution in [-0.4, -0.2) is 40.6 Å². The van der Waals surface area contributed by atoms with Crippen LogP contribution in [0.1, 0.15) is 53.4 Å². The van der Waals surface area contributed by atoms with Gasteiger partial charge in [-0.3, -0.25) is 4.79 Å². The molecule has 19 heavy (non-hydrogen) atoms. The number of nitrogens with zero attached hydrogens (tertiary/aromatic N) is 1. The zero-order chi connectivity index (χ0) is 14.7. The van der Waals surface area contributed by atoms with Crippen molar-refractivity contribution in [3.63, 3.8) is 0 Å². The largest absolute Gasteiger partial charge is 0.481 e. The normalized spacial score (nSPS) is 23.5. The molecule has 1 unspecified atom stereocenters. The van der Waals surface area contributed by atoms with E-state index in [9.17, 15) is 14.7 Å². The van der Waals surface area contributed by atoms with E-state index in [1.807, 2.05) is 20.8 Å². The van der Waals surface area contributed by atoms with Gasteiger partial charge in [-0.2, -0.15) is 0 Å². The Balaban J connectivity index is 2.64. The molecule has 1 fully saturated rings. The molecule has 0 spiro atoms. The van der Waals surface area contributed by atoms with Gasteiger partial charge < -0.3 is 15.3 Å². The number of hydrogen-bond donors (Lipinski definition) is 2. The van der Waals surface area contributed by atoms with E-state index in [2.05, 4.69) is 12.2 Å². The standard InChI is InChI=1S/C14H26N2O3/c1-5-7-13(3,4)15-12(19)16-9-8-14(6-2,10-16)11(17)18/h5-10H2,1-4H3,(H,15,19)(H,17,18). The highest BCUT2D eigenvalue weighted by Gasteiger charge is 2.45. The molecule has 0 aromatic rings. The molecule has 0 bridgehead atoms. The fourth-order valence-electron chi connectivity index (χ4n) is 2.72. The van der Waals surface area contributed by atoms with Gasteiger partial charge in [-0.05, 0) is 33.1 Å². The number of carboxylic acids is 1. The smallest absolute Gasteiger partial charge is 0.317 e. The van der Waals surface area contributed by atoms with E-state index in [-0.39, 0.29) is 11.6 Å². The lowest BCUT2D eigenvalue weighted by Gasteiger charge is -2.30. The third-order valence-electron chi connectivity index (χ3n) is 4.09. The van der Waals surface area contributed by atoms with E-state index in [1.54, 1.807) is 4.90 Å². The number of likely N-dealkylation sites (tertiary alicyclic amines) is 1. The van der Waals surface area contributed by atoms with Crippen molar-refractivity contribution >= 4 is 12.0 Å². The van der Waals surface area contributed by atoms with E-state index in [4.69, 9.17) is 0 Å². The molecule has 0 aromatic heterocycles. The molecular formula is C14H26N2O3. The van der Waals surface area contributed by atoms with Crippen molar-refractivity contribution in [2.75, 3.05) is 13.1 Å². The number of hydrogen-bond acceptors (Lipinski definition) is 2. The van der Waals surface area contributed by atoms with Crippen LogP contribution in [0.15, 0.2) is 0 Å². The summed E-state index contributed by atoms with van der Waals surface area (Å²) in [7, 11) is 0. The number of nitrogens with one attached hydrogen (secondary N) is 1. The highest BCUT2D eigenvalue weighted by atomic mass is 16.4. The summed E-state index contributed by atoms with van der Waals surface area (Å²) in [6.45, 7) is 8.78. The minimum absolute atomic E-state index is 0.143. The Bertz CT molecular complexity index is 355. The first-order valence-electron chi connectivity index (χ1n) is 7.07. The molecule has 0 radical (unpaired) electrons. The summed E-state index contributed by atoms with van der Waals surface area (Å²) in [5.41, 5.74) is -1.00. The van der Waals surface area contributed by atoms with E-state index >= 15 is 0 Å². The molecule has 1 atom stereocenters. The molecule has 2 N–H and O–H groups in total. The predicted molar refractivity (Wildman–Crippen MR) is 74.1 cm³/mol. The molecule has 0 aromatic carbocycles. The highest BCUT2D eigenvalue weighted by molar-refractivity contribution is 5.80. The molecule has 1 rings (SSSR count). The Morgan fingerprint density at radius 3 is 2.42 bits per heavy atom. The maximum absolute atomic E-state index is 12.2. The average Bonchev–Trinajstić information content (AvgIpc) is 2.73. The van der Waals surface area contributed by atoms with Crippen LogP contribution >= 0.6 is 0 Å². The lowest BCUT2D eigenvalue weighted by molar-refractivity contribution is -0.148. The molecule has 1 aliphatic rings. The second-order valence-electron chi connectivity index (χ2n) is 6.17. The molecule has 110 valence electrons. The fraction of sp³-hybridized carbons (Fsp3) is 0.857. The molecule has 1 aliphatic heterocycles. The minimum Gasteiger partial charge on any atom is -0.481 e. The van der Waals surface area contributed by atoms with Crippen LogP contribution < -0.4 is 5.32 Å². The number of carboxylic acid groups (broad SMARTS) is 1. The van der Waals surface area contributed by atoms with E-state index in [0.717, 1.165) is 12.8 Å².